The Bertz CT molecular complexity index is 420. The molecule has 1 unspecified atom stereocenters. The summed E-state index contributed by atoms with van der Waals surface area (Å²) in [4.78, 5) is 26.7. The molecule has 0 aromatic rings. The van der Waals surface area contributed by atoms with Crippen LogP contribution in [0.25, 0.3) is 0 Å². The number of nitrogens with zero attached hydrogens (tertiary/aromatic N) is 1. The summed E-state index contributed by atoms with van der Waals surface area (Å²) >= 11 is 0. The van der Waals surface area contributed by atoms with Crippen molar-refractivity contribution in [2.75, 3.05) is 27.2 Å². The molecule has 28 heavy (non-hydrogen) atoms. The maximum atomic E-state index is 12.5. The van der Waals surface area contributed by atoms with Gasteiger partial charge in [-0.25, -0.2) is 4.79 Å². The summed E-state index contributed by atoms with van der Waals surface area (Å²) in [7, 11) is 4.02. The topological polar surface area (TPSA) is 70.7 Å². The summed E-state index contributed by atoms with van der Waals surface area (Å²) in [5.41, 5.74) is -0.574. The van der Waals surface area contributed by atoms with E-state index >= 15 is 0 Å². The third kappa shape index (κ3) is 16.8. The Hall–Kier alpha value is -1.30. The minimum absolute atomic E-state index is 0.118. The van der Waals surface area contributed by atoms with E-state index in [9.17, 15) is 9.59 Å². The Kier molecular flexibility index (Phi) is 14.9. The molecule has 0 heterocycles. The molecular weight excluding hydrogens is 354 g/mol. The van der Waals surface area contributed by atoms with Gasteiger partial charge in [-0.2, -0.15) is 0 Å². The summed E-state index contributed by atoms with van der Waals surface area (Å²) in [6.07, 6.45) is 10.6. The lowest BCUT2D eigenvalue weighted by molar-refractivity contribution is -0.123. The lowest BCUT2D eigenvalue weighted by Crippen LogP contribution is -2.48. The molecule has 0 saturated carbocycles. The van der Waals surface area contributed by atoms with Crippen LogP contribution >= 0.6 is 0 Å². The van der Waals surface area contributed by atoms with Crippen molar-refractivity contribution < 1.29 is 14.3 Å². The van der Waals surface area contributed by atoms with Gasteiger partial charge >= 0.3 is 6.09 Å². The molecule has 2 N–H and O–H groups in total. The highest BCUT2D eigenvalue weighted by Crippen LogP contribution is 2.12. The second kappa shape index (κ2) is 15.6. The minimum atomic E-state index is -0.574. The van der Waals surface area contributed by atoms with E-state index in [0.717, 1.165) is 25.8 Å². The van der Waals surface area contributed by atoms with E-state index in [1.807, 2.05) is 34.9 Å². The number of rotatable bonds is 15. The first-order valence-electron chi connectivity index (χ1n) is 11.1. The van der Waals surface area contributed by atoms with E-state index in [0.29, 0.717) is 13.0 Å². The van der Waals surface area contributed by atoms with Crippen LogP contribution in [0, 0.1) is 0 Å². The van der Waals surface area contributed by atoms with Crippen molar-refractivity contribution in [3.8, 4) is 0 Å². The number of hydrogen-bond acceptors (Lipinski definition) is 4. The number of alkyl carbamates (subject to hydrolysis) is 1. The number of carbonyl (C=O) groups excluding carboxylic acids is 2. The first-order chi connectivity index (χ1) is 13.2. The molecule has 0 rings (SSSR count). The van der Waals surface area contributed by atoms with E-state index in [-0.39, 0.29) is 5.91 Å². The second-order valence-electron chi connectivity index (χ2n) is 8.91. The molecule has 0 bridgehead atoms. The van der Waals surface area contributed by atoms with Gasteiger partial charge in [0.1, 0.15) is 11.6 Å². The van der Waals surface area contributed by atoms with Gasteiger partial charge in [0.05, 0.1) is 0 Å². The molecule has 1 atom stereocenters. The number of amides is 2. The Balaban J connectivity index is 4.34. The average molecular weight is 400 g/mol. The van der Waals surface area contributed by atoms with Crippen molar-refractivity contribution in [1.29, 1.82) is 0 Å². The van der Waals surface area contributed by atoms with Crippen LogP contribution in [-0.4, -0.2) is 55.7 Å². The Morgan fingerprint density at radius 1 is 0.929 bits per heavy atom. The number of ether oxygens (including phenoxy) is 1. The third-order valence-electron chi connectivity index (χ3n) is 4.44. The number of carbonyl (C=O) groups is 2. The number of hydrogen-bond donors (Lipinski definition) is 2. The predicted molar refractivity (Wildman–Crippen MR) is 117 cm³/mol. The van der Waals surface area contributed by atoms with Crippen LogP contribution in [0.15, 0.2) is 0 Å². The Labute approximate surface area is 173 Å². The number of nitrogens with one attached hydrogen (secondary N) is 2. The van der Waals surface area contributed by atoms with E-state index in [1.54, 1.807) is 0 Å². The lowest BCUT2D eigenvalue weighted by atomic mass is 10.0. The lowest BCUT2D eigenvalue weighted by Gasteiger charge is -2.23. The average Bonchev–Trinajstić information content (AvgIpc) is 2.58. The molecule has 166 valence electrons. The van der Waals surface area contributed by atoms with Crippen LogP contribution in [0.1, 0.15) is 91.9 Å². The Morgan fingerprint density at radius 3 is 2.04 bits per heavy atom. The van der Waals surface area contributed by atoms with E-state index < -0.39 is 17.7 Å². The normalized spacial score (nSPS) is 12.7. The summed E-state index contributed by atoms with van der Waals surface area (Å²) in [6, 6.07) is -0.533. The quantitative estimate of drug-likeness (QED) is 0.398. The second-order valence-corrected chi connectivity index (χ2v) is 8.91. The van der Waals surface area contributed by atoms with Crippen LogP contribution < -0.4 is 10.6 Å². The smallest absolute Gasteiger partial charge is 0.408 e. The fourth-order valence-corrected chi connectivity index (χ4v) is 2.93. The monoisotopic (exact) mass is 399 g/mol. The first-order valence-corrected chi connectivity index (χ1v) is 11.1. The summed E-state index contributed by atoms with van der Waals surface area (Å²) in [6.45, 7) is 9.22. The first kappa shape index (κ1) is 26.7. The zero-order chi connectivity index (χ0) is 21.4. The molecule has 0 spiro atoms. The fourth-order valence-electron chi connectivity index (χ4n) is 2.93. The van der Waals surface area contributed by atoms with Gasteiger partial charge < -0.3 is 20.3 Å². The molecule has 0 aliphatic carbocycles. The highest BCUT2D eigenvalue weighted by Gasteiger charge is 2.23. The van der Waals surface area contributed by atoms with Crippen molar-refractivity contribution in [3.63, 3.8) is 0 Å². The predicted octanol–water partition coefficient (Wildman–Crippen LogP) is 4.48. The van der Waals surface area contributed by atoms with Gasteiger partial charge in [0.15, 0.2) is 0 Å². The fraction of sp³-hybridized carbons (Fsp3) is 0.909. The van der Waals surface area contributed by atoms with Crippen molar-refractivity contribution in [1.82, 2.24) is 15.5 Å². The standard InChI is InChI=1S/C22H45N3O3/c1-7-8-9-10-11-12-13-14-16-19(24-21(27)28-22(2,3)4)20(26)23-17-15-18-25(5)6/h19H,7-18H2,1-6H3,(H,23,26)(H,24,27). The van der Waals surface area contributed by atoms with Gasteiger partial charge in [-0.05, 0) is 54.3 Å². The van der Waals surface area contributed by atoms with Crippen molar-refractivity contribution >= 4 is 12.0 Å². The molecule has 2 amide bonds. The Morgan fingerprint density at radius 2 is 1.50 bits per heavy atom. The van der Waals surface area contributed by atoms with E-state index in [2.05, 4.69) is 22.5 Å². The van der Waals surface area contributed by atoms with Crippen molar-refractivity contribution in [2.24, 2.45) is 0 Å². The molecule has 6 heteroatoms. The molecule has 0 aromatic carbocycles. The van der Waals surface area contributed by atoms with Gasteiger partial charge in [0.25, 0.3) is 0 Å². The van der Waals surface area contributed by atoms with Gasteiger partial charge in [0.2, 0.25) is 5.91 Å². The van der Waals surface area contributed by atoms with Crippen molar-refractivity contribution in [2.45, 2.75) is 104 Å². The summed E-state index contributed by atoms with van der Waals surface area (Å²) in [5.74, 6) is -0.118. The van der Waals surface area contributed by atoms with Crippen LogP contribution in [0.2, 0.25) is 0 Å². The van der Waals surface area contributed by atoms with Gasteiger partial charge in [-0.1, -0.05) is 58.3 Å². The molecule has 0 fully saturated rings. The van der Waals surface area contributed by atoms with Crippen molar-refractivity contribution in [3.05, 3.63) is 0 Å². The van der Waals surface area contributed by atoms with Crippen LogP contribution in [-0.2, 0) is 9.53 Å². The van der Waals surface area contributed by atoms with Crippen LogP contribution in [0.3, 0.4) is 0 Å². The van der Waals surface area contributed by atoms with Crippen LogP contribution in [0.4, 0.5) is 4.79 Å². The minimum Gasteiger partial charge on any atom is -0.444 e. The van der Waals surface area contributed by atoms with Crippen LogP contribution in [0.5, 0.6) is 0 Å². The molecule has 6 nitrogen and oxygen atoms in total. The third-order valence-corrected chi connectivity index (χ3v) is 4.44. The highest BCUT2D eigenvalue weighted by molar-refractivity contribution is 5.85. The SMILES string of the molecule is CCCCCCCCCCC(NC(=O)OC(C)(C)C)C(=O)NCCCN(C)C. The van der Waals surface area contributed by atoms with E-state index in [1.165, 1.54) is 38.5 Å². The molecule has 0 saturated heterocycles. The summed E-state index contributed by atoms with van der Waals surface area (Å²) in [5, 5.41) is 5.70. The molecule has 0 aliphatic rings. The maximum absolute atomic E-state index is 12.5. The molecule has 0 radical (unpaired) electrons. The number of unbranched alkanes of at least 4 members (excludes halogenated alkanes) is 7. The van der Waals surface area contributed by atoms with Gasteiger partial charge in [-0.3, -0.25) is 4.79 Å². The molecule has 0 aliphatic heterocycles. The highest BCUT2D eigenvalue weighted by atomic mass is 16.6. The maximum Gasteiger partial charge on any atom is 0.408 e. The molecule has 0 aromatic heterocycles. The molecular formula is C22H45N3O3. The van der Waals surface area contributed by atoms with Gasteiger partial charge in [-0.15, -0.1) is 0 Å². The van der Waals surface area contributed by atoms with Gasteiger partial charge in [0, 0.05) is 6.54 Å². The summed E-state index contributed by atoms with van der Waals surface area (Å²) < 4.78 is 5.32. The van der Waals surface area contributed by atoms with E-state index in [4.69, 9.17) is 4.74 Å². The largest absolute Gasteiger partial charge is 0.444 e. The zero-order valence-corrected chi connectivity index (χ0v) is 19.2. The zero-order valence-electron chi connectivity index (χ0n) is 19.2.